The van der Waals surface area contributed by atoms with Crippen LogP contribution in [0.2, 0.25) is 0 Å². The average Bonchev–Trinajstić information content (AvgIpc) is 2.99. The predicted molar refractivity (Wildman–Crippen MR) is 101 cm³/mol. The number of rotatable bonds is 7. The molecule has 1 unspecified atom stereocenters. The Labute approximate surface area is 146 Å². The van der Waals surface area contributed by atoms with Crippen LogP contribution in [0.25, 0.3) is 0 Å². The van der Waals surface area contributed by atoms with E-state index in [4.69, 9.17) is 4.74 Å². The maximum atomic E-state index is 6.13. The molecule has 2 aromatic carbocycles. The third-order valence-corrected chi connectivity index (χ3v) is 5.12. The van der Waals surface area contributed by atoms with Crippen LogP contribution in [-0.2, 0) is 12.8 Å². The molecule has 0 N–H and O–H groups in total. The van der Waals surface area contributed by atoms with Gasteiger partial charge in [0, 0.05) is 6.04 Å². The summed E-state index contributed by atoms with van der Waals surface area (Å²) in [5.41, 5.74) is 4.05. The highest BCUT2D eigenvalue weighted by molar-refractivity contribution is 5.34. The molecule has 0 amide bonds. The van der Waals surface area contributed by atoms with Gasteiger partial charge >= 0.3 is 0 Å². The summed E-state index contributed by atoms with van der Waals surface area (Å²) in [5, 5.41) is 0. The number of benzene rings is 2. The normalized spacial score (nSPS) is 18.0. The monoisotopic (exact) mass is 323 g/mol. The summed E-state index contributed by atoms with van der Waals surface area (Å²) in [4.78, 5) is 2.47. The Kier molecular flexibility index (Phi) is 5.92. The van der Waals surface area contributed by atoms with Crippen LogP contribution in [0.3, 0.4) is 0 Å². The fourth-order valence-corrected chi connectivity index (χ4v) is 3.65. The molecule has 3 rings (SSSR count). The second kappa shape index (κ2) is 8.34. The molecule has 2 heteroatoms. The Balaban J connectivity index is 1.54. The lowest BCUT2D eigenvalue weighted by Gasteiger charge is -2.20. The van der Waals surface area contributed by atoms with Crippen molar-refractivity contribution in [1.82, 2.24) is 4.90 Å². The van der Waals surface area contributed by atoms with E-state index in [0.717, 1.165) is 31.6 Å². The van der Waals surface area contributed by atoms with Crippen LogP contribution in [0.15, 0.2) is 48.5 Å². The average molecular weight is 323 g/mol. The second-order valence-electron chi connectivity index (χ2n) is 7.01. The van der Waals surface area contributed by atoms with Crippen molar-refractivity contribution < 1.29 is 4.74 Å². The van der Waals surface area contributed by atoms with Crippen molar-refractivity contribution in [3.8, 4) is 5.75 Å². The van der Waals surface area contributed by atoms with E-state index in [0.29, 0.717) is 6.04 Å². The van der Waals surface area contributed by atoms with Crippen molar-refractivity contribution in [2.45, 2.75) is 45.1 Å². The summed E-state index contributed by atoms with van der Waals surface area (Å²) in [6, 6.07) is 18.0. The summed E-state index contributed by atoms with van der Waals surface area (Å²) in [6.07, 6.45) is 5.86. The van der Waals surface area contributed by atoms with Gasteiger partial charge in [0.1, 0.15) is 5.75 Å². The molecule has 0 bridgehead atoms. The molecular formula is C22H29NO. The van der Waals surface area contributed by atoms with Gasteiger partial charge in [-0.15, -0.1) is 0 Å². The molecule has 1 heterocycles. The van der Waals surface area contributed by atoms with E-state index in [1.54, 1.807) is 0 Å². The predicted octanol–water partition coefficient (Wildman–Crippen LogP) is 4.64. The topological polar surface area (TPSA) is 12.5 Å². The van der Waals surface area contributed by atoms with E-state index in [-0.39, 0.29) is 0 Å². The summed E-state index contributed by atoms with van der Waals surface area (Å²) in [6.45, 7) is 4.20. The Morgan fingerprint density at radius 2 is 1.96 bits per heavy atom. The zero-order valence-corrected chi connectivity index (χ0v) is 15.0. The van der Waals surface area contributed by atoms with E-state index in [1.165, 1.54) is 36.1 Å². The molecular weight excluding hydrogens is 294 g/mol. The van der Waals surface area contributed by atoms with Crippen LogP contribution < -0.4 is 4.74 Å². The van der Waals surface area contributed by atoms with E-state index in [9.17, 15) is 0 Å². The molecule has 1 saturated heterocycles. The molecule has 1 atom stereocenters. The first kappa shape index (κ1) is 17.0. The molecule has 24 heavy (non-hydrogen) atoms. The maximum Gasteiger partial charge on any atom is 0.122 e. The first-order valence-electron chi connectivity index (χ1n) is 9.19. The number of ether oxygens (including phenoxy) is 1. The number of hydrogen-bond donors (Lipinski definition) is 0. The molecule has 0 radical (unpaired) electrons. The zero-order valence-electron chi connectivity index (χ0n) is 15.0. The van der Waals surface area contributed by atoms with Gasteiger partial charge in [0.15, 0.2) is 0 Å². The first-order valence-corrected chi connectivity index (χ1v) is 9.19. The van der Waals surface area contributed by atoms with Crippen LogP contribution >= 0.6 is 0 Å². The van der Waals surface area contributed by atoms with Crippen LogP contribution in [0.4, 0.5) is 0 Å². The Morgan fingerprint density at radius 3 is 2.75 bits per heavy atom. The highest BCUT2D eigenvalue weighted by Crippen LogP contribution is 2.22. The first-order chi connectivity index (χ1) is 11.7. The van der Waals surface area contributed by atoms with E-state index in [1.807, 2.05) is 0 Å². The molecule has 0 aromatic heterocycles. The number of para-hydroxylation sites is 1. The quantitative estimate of drug-likeness (QED) is 0.736. The van der Waals surface area contributed by atoms with Crippen molar-refractivity contribution in [3.05, 3.63) is 65.2 Å². The van der Waals surface area contributed by atoms with Crippen LogP contribution in [0, 0.1) is 6.92 Å². The maximum absolute atomic E-state index is 6.13. The number of aryl methyl sites for hydroxylation is 3. The Morgan fingerprint density at radius 1 is 1.08 bits per heavy atom. The van der Waals surface area contributed by atoms with Gasteiger partial charge in [-0.3, -0.25) is 0 Å². The van der Waals surface area contributed by atoms with E-state index in [2.05, 4.69) is 67.4 Å². The minimum atomic E-state index is 0.699. The number of nitrogens with zero attached hydrogens (tertiary/aromatic N) is 1. The Hall–Kier alpha value is -1.80. The lowest BCUT2D eigenvalue weighted by molar-refractivity contribution is 0.232. The van der Waals surface area contributed by atoms with Gasteiger partial charge in [0.05, 0.1) is 6.61 Å². The minimum Gasteiger partial charge on any atom is -0.493 e. The third kappa shape index (κ3) is 4.61. The summed E-state index contributed by atoms with van der Waals surface area (Å²) < 4.78 is 6.13. The molecule has 1 aliphatic heterocycles. The number of hydrogen-bond acceptors (Lipinski definition) is 2. The van der Waals surface area contributed by atoms with Gasteiger partial charge in [0.2, 0.25) is 0 Å². The summed E-state index contributed by atoms with van der Waals surface area (Å²) >= 11 is 0. The van der Waals surface area contributed by atoms with Gasteiger partial charge in [-0.25, -0.2) is 0 Å². The van der Waals surface area contributed by atoms with Crippen LogP contribution in [0.5, 0.6) is 5.75 Å². The lowest BCUT2D eigenvalue weighted by Crippen LogP contribution is -2.26. The van der Waals surface area contributed by atoms with Gasteiger partial charge in [-0.2, -0.15) is 0 Å². The van der Waals surface area contributed by atoms with Gasteiger partial charge in [0.25, 0.3) is 0 Å². The van der Waals surface area contributed by atoms with Gasteiger partial charge in [-0.1, -0.05) is 48.0 Å². The minimum absolute atomic E-state index is 0.699. The van der Waals surface area contributed by atoms with E-state index >= 15 is 0 Å². The largest absolute Gasteiger partial charge is 0.493 e. The van der Waals surface area contributed by atoms with Gasteiger partial charge in [-0.05, 0) is 69.8 Å². The highest BCUT2D eigenvalue weighted by atomic mass is 16.5. The molecule has 0 spiro atoms. The second-order valence-corrected chi connectivity index (χ2v) is 7.01. The highest BCUT2D eigenvalue weighted by Gasteiger charge is 2.20. The third-order valence-electron chi connectivity index (χ3n) is 5.12. The molecule has 0 aliphatic carbocycles. The van der Waals surface area contributed by atoms with Crippen LogP contribution in [-0.4, -0.2) is 31.1 Å². The van der Waals surface area contributed by atoms with Crippen molar-refractivity contribution >= 4 is 0 Å². The number of likely N-dealkylation sites (tertiary alicyclic amines) is 1. The van der Waals surface area contributed by atoms with Crippen molar-refractivity contribution in [2.24, 2.45) is 0 Å². The molecule has 128 valence electrons. The molecule has 2 aromatic rings. The zero-order chi connectivity index (χ0) is 16.8. The van der Waals surface area contributed by atoms with Crippen molar-refractivity contribution in [3.63, 3.8) is 0 Å². The molecule has 1 fully saturated rings. The molecule has 1 aliphatic rings. The molecule has 0 saturated carbocycles. The fraction of sp³-hybridized carbons (Fsp3) is 0.455. The van der Waals surface area contributed by atoms with Crippen molar-refractivity contribution in [2.75, 3.05) is 20.2 Å². The molecule has 2 nitrogen and oxygen atoms in total. The summed E-state index contributed by atoms with van der Waals surface area (Å²) in [5.74, 6) is 1.06. The van der Waals surface area contributed by atoms with Crippen molar-refractivity contribution in [1.29, 1.82) is 0 Å². The standard InChI is InChI=1S/C22H29NO/c1-18-7-5-8-19(17-18)12-13-20-9-3-4-11-22(20)24-16-14-21-10-6-15-23(21)2/h3-5,7-9,11,17,21H,6,10,12-16H2,1-2H3. The smallest absolute Gasteiger partial charge is 0.122 e. The SMILES string of the molecule is Cc1cccc(CCc2ccccc2OCCC2CCCN2C)c1. The summed E-state index contributed by atoms with van der Waals surface area (Å²) in [7, 11) is 2.23. The fourth-order valence-electron chi connectivity index (χ4n) is 3.65. The van der Waals surface area contributed by atoms with Gasteiger partial charge < -0.3 is 9.64 Å². The Bertz CT molecular complexity index is 652. The van der Waals surface area contributed by atoms with E-state index < -0.39 is 0 Å². The van der Waals surface area contributed by atoms with Crippen LogP contribution in [0.1, 0.15) is 36.0 Å². The lowest BCUT2D eigenvalue weighted by atomic mass is 10.0.